The van der Waals surface area contributed by atoms with Crippen LogP contribution in [-0.2, 0) is 9.53 Å². The van der Waals surface area contributed by atoms with Gasteiger partial charge in [-0.3, -0.25) is 4.79 Å². The molecule has 0 unspecified atom stereocenters. The Hall–Kier alpha value is -0.530. The summed E-state index contributed by atoms with van der Waals surface area (Å²) < 4.78 is 39.3. The van der Waals surface area contributed by atoms with Crippen LogP contribution in [-0.4, -0.2) is 56.4 Å². The zero-order chi connectivity index (χ0) is 11.5. The molecule has 8 heteroatoms. The van der Waals surface area contributed by atoms with Crippen molar-refractivity contribution in [3.05, 3.63) is 0 Å². The third-order valence-electron chi connectivity index (χ3n) is 2.19. The second-order valence-corrected chi connectivity index (χ2v) is 3.42. The molecule has 1 aliphatic rings. The lowest BCUT2D eigenvalue weighted by Gasteiger charge is -2.35. The molecule has 0 aromatic carbocycles. The van der Waals surface area contributed by atoms with Crippen molar-refractivity contribution in [1.29, 1.82) is 0 Å². The average molecular weight is 263 g/mol. The first kappa shape index (κ1) is 15.5. The monoisotopic (exact) mass is 262 g/mol. The Morgan fingerprint density at radius 2 is 2.06 bits per heavy atom. The highest BCUT2D eigenvalue weighted by atomic mass is 35.5. The number of carbonyl (C=O) groups is 1. The highest BCUT2D eigenvalue weighted by Crippen LogP contribution is 2.14. The lowest BCUT2D eigenvalue weighted by Crippen LogP contribution is -2.58. The van der Waals surface area contributed by atoms with Gasteiger partial charge in [-0.25, -0.2) is 0 Å². The van der Waals surface area contributed by atoms with E-state index in [2.05, 4.69) is 10.1 Å². The molecule has 0 aliphatic carbocycles. The minimum absolute atomic E-state index is 0. The minimum Gasteiger partial charge on any atom is -0.362 e. The molecule has 1 rings (SSSR count). The molecule has 0 spiro atoms. The molecular formula is C8H14ClF3N2O2. The van der Waals surface area contributed by atoms with Crippen molar-refractivity contribution >= 4 is 18.3 Å². The number of hydrogen-bond donors (Lipinski definition) is 1. The van der Waals surface area contributed by atoms with Crippen molar-refractivity contribution < 1.29 is 22.7 Å². The number of ether oxygens (including phenoxy) is 1. The van der Waals surface area contributed by atoms with E-state index in [1.807, 2.05) is 0 Å². The number of alkyl halides is 3. The van der Waals surface area contributed by atoms with Crippen LogP contribution in [0.2, 0.25) is 0 Å². The lowest BCUT2D eigenvalue weighted by molar-refractivity contribution is -0.178. The summed E-state index contributed by atoms with van der Waals surface area (Å²) in [6.45, 7) is -0.537. The molecule has 0 saturated carbocycles. The lowest BCUT2D eigenvalue weighted by atomic mass is 10.1. The maximum absolute atomic E-state index is 11.7. The molecule has 0 aromatic heterocycles. The Morgan fingerprint density at radius 1 is 1.50 bits per heavy atom. The van der Waals surface area contributed by atoms with Crippen molar-refractivity contribution in [2.45, 2.75) is 12.2 Å². The average Bonchev–Trinajstić information content (AvgIpc) is 1.98. The van der Waals surface area contributed by atoms with Gasteiger partial charge in [-0.1, -0.05) is 0 Å². The van der Waals surface area contributed by atoms with E-state index in [4.69, 9.17) is 0 Å². The normalized spacial score (nSPS) is 16.2. The molecule has 4 nitrogen and oxygen atoms in total. The number of nitrogens with one attached hydrogen (secondary N) is 1. The molecule has 1 aliphatic heterocycles. The molecule has 96 valence electrons. The van der Waals surface area contributed by atoms with E-state index in [0.29, 0.717) is 13.1 Å². The van der Waals surface area contributed by atoms with Gasteiger partial charge in [-0.15, -0.1) is 12.4 Å². The Bertz CT molecular complexity index is 234. The summed E-state index contributed by atoms with van der Waals surface area (Å²) in [7, 11) is 1.56. The molecule has 1 heterocycles. The largest absolute Gasteiger partial charge is 0.411 e. The molecular weight excluding hydrogens is 249 g/mol. The van der Waals surface area contributed by atoms with E-state index < -0.39 is 25.3 Å². The number of carbonyl (C=O) groups excluding carboxylic acids is 1. The summed E-state index contributed by atoms with van der Waals surface area (Å²) in [4.78, 5) is 12.7. The van der Waals surface area contributed by atoms with Crippen LogP contribution in [0, 0.1) is 0 Å². The maximum Gasteiger partial charge on any atom is 0.411 e. The molecule has 0 radical (unpaired) electrons. The van der Waals surface area contributed by atoms with Crippen LogP contribution in [0.4, 0.5) is 13.2 Å². The molecule has 0 atom stereocenters. The third-order valence-corrected chi connectivity index (χ3v) is 2.19. The quantitative estimate of drug-likeness (QED) is 0.798. The van der Waals surface area contributed by atoms with Crippen LogP contribution in [0.1, 0.15) is 0 Å². The van der Waals surface area contributed by atoms with Crippen molar-refractivity contribution in [2.75, 3.05) is 33.4 Å². The fourth-order valence-electron chi connectivity index (χ4n) is 1.11. The minimum atomic E-state index is -4.38. The van der Waals surface area contributed by atoms with Crippen molar-refractivity contribution in [2.24, 2.45) is 0 Å². The van der Waals surface area contributed by atoms with Crippen LogP contribution < -0.4 is 5.32 Å². The van der Waals surface area contributed by atoms with Crippen LogP contribution in [0.15, 0.2) is 0 Å². The Balaban J connectivity index is 0.00000225. The fourth-order valence-corrected chi connectivity index (χ4v) is 1.11. The van der Waals surface area contributed by atoms with E-state index >= 15 is 0 Å². The standard InChI is InChI=1S/C8H13F3N2O2.ClH/c1-13(6-2-12-3-6)7(14)4-15-5-8(9,10)11;/h6,12H,2-5H2,1H3;1H. The van der Waals surface area contributed by atoms with Crippen LogP contribution in [0.5, 0.6) is 0 Å². The van der Waals surface area contributed by atoms with E-state index in [9.17, 15) is 18.0 Å². The smallest absolute Gasteiger partial charge is 0.362 e. The summed E-state index contributed by atoms with van der Waals surface area (Å²) >= 11 is 0. The predicted octanol–water partition coefficient (Wildman–Crippen LogP) is 0.417. The molecule has 1 saturated heterocycles. The van der Waals surface area contributed by atoms with Crippen LogP contribution in [0.3, 0.4) is 0 Å². The first-order valence-electron chi connectivity index (χ1n) is 4.51. The van der Waals surface area contributed by atoms with Gasteiger partial charge in [0.2, 0.25) is 5.91 Å². The number of likely N-dealkylation sites (N-methyl/N-ethyl adjacent to an activating group) is 1. The molecule has 1 fully saturated rings. The van der Waals surface area contributed by atoms with Crippen molar-refractivity contribution in [3.63, 3.8) is 0 Å². The van der Waals surface area contributed by atoms with Gasteiger partial charge in [0.05, 0.1) is 6.04 Å². The first-order valence-corrected chi connectivity index (χ1v) is 4.51. The Kier molecular flexibility index (Phi) is 6.06. The summed E-state index contributed by atoms with van der Waals surface area (Å²) in [5, 5.41) is 2.96. The fraction of sp³-hybridized carbons (Fsp3) is 0.875. The van der Waals surface area contributed by atoms with E-state index in [1.54, 1.807) is 7.05 Å². The first-order chi connectivity index (χ1) is 6.90. The number of hydrogen-bond acceptors (Lipinski definition) is 3. The second kappa shape index (κ2) is 6.27. The van der Waals surface area contributed by atoms with Gasteiger partial charge in [-0.2, -0.15) is 13.2 Å². The SMILES string of the molecule is CN(C(=O)COCC(F)(F)F)C1CNC1.Cl. The summed E-state index contributed by atoms with van der Waals surface area (Å²) in [5.41, 5.74) is 0. The van der Waals surface area contributed by atoms with Gasteiger partial charge >= 0.3 is 6.18 Å². The van der Waals surface area contributed by atoms with Gasteiger partial charge in [0, 0.05) is 20.1 Å². The summed E-state index contributed by atoms with van der Waals surface area (Å²) in [5.74, 6) is -0.425. The highest BCUT2D eigenvalue weighted by Gasteiger charge is 2.29. The molecule has 16 heavy (non-hydrogen) atoms. The van der Waals surface area contributed by atoms with E-state index in [0.717, 1.165) is 0 Å². The number of amides is 1. The maximum atomic E-state index is 11.7. The van der Waals surface area contributed by atoms with E-state index in [-0.39, 0.29) is 18.4 Å². The molecule has 1 N–H and O–H groups in total. The predicted molar refractivity (Wildman–Crippen MR) is 53.5 cm³/mol. The van der Waals surface area contributed by atoms with Crippen LogP contribution >= 0.6 is 12.4 Å². The van der Waals surface area contributed by atoms with Gasteiger partial charge in [0.15, 0.2) is 0 Å². The zero-order valence-corrected chi connectivity index (χ0v) is 9.53. The Morgan fingerprint density at radius 3 is 2.44 bits per heavy atom. The topological polar surface area (TPSA) is 41.6 Å². The molecule has 1 amide bonds. The zero-order valence-electron chi connectivity index (χ0n) is 8.71. The van der Waals surface area contributed by atoms with Crippen LogP contribution in [0.25, 0.3) is 0 Å². The van der Waals surface area contributed by atoms with Crippen molar-refractivity contribution in [3.8, 4) is 0 Å². The van der Waals surface area contributed by atoms with E-state index in [1.165, 1.54) is 4.90 Å². The number of nitrogens with zero attached hydrogens (tertiary/aromatic N) is 1. The van der Waals surface area contributed by atoms with Crippen molar-refractivity contribution in [1.82, 2.24) is 10.2 Å². The van der Waals surface area contributed by atoms with Gasteiger partial charge < -0.3 is 15.0 Å². The van der Waals surface area contributed by atoms with Gasteiger partial charge in [0.25, 0.3) is 0 Å². The number of rotatable bonds is 4. The third kappa shape index (κ3) is 5.00. The molecule has 0 aromatic rings. The van der Waals surface area contributed by atoms with Gasteiger partial charge in [-0.05, 0) is 0 Å². The Labute approximate surface area is 97.5 Å². The summed E-state index contributed by atoms with van der Waals surface area (Å²) in [6.07, 6.45) is -4.38. The highest BCUT2D eigenvalue weighted by molar-refractivity contribution is 5.85. The number of halogens is 4. The molecule has 0 bridgehead atoms. The summed E-state index contributed by atoms with van der Waals surface area (Å²) in [6, 6.07) is 0.0759. The second-order valence-electron chi connectivity index (χ2n) is 3.42. The van der Waals surface area contributed by atoms with Gasteiger partial charge in [0.1, 0.15) is 13.2 Å².